The molecule has 0 rings (SSSR count). The van der Waals surface area contributed by atoms with E-state index < -0.39 is 11.8 Å². The Hall–Kier alpha value is -1.32. The van der Waals surface area contributed by atoms with E-state index in [2.05, 4.69) is 0 Å². The van der Waals surface area contributed by atoms with Gasteiger partial charge in [-0.15, -0.1) is 0 Å². The molecule has 0 bridgehead atoms. The minimum absolute atomic E-state index is 0.273. The first kappa shape index (κ1) is 10.7. The first-order chi connectivity index (χ1) is 5.25. The van der Waals surface area contributed by atoms with E-state index in [0.717, 1.165) is 6.08 Å². The molecule has 0 aliphatic rings. The van der Waals surface area contributed by atoms with Gasteiger partial charge in [0.2, 0.25) is 0 Å². The molecule has 0 radical (unpaired) electrons. The van der Waals surface area contributed by atoms with Crippen LogP contribution in [0.15, 0.2) is 11.8 Å². The van der Waals surface area contributed by atoms with Gasteiger partial charge in [-0.05, 0) is 0 Å². The number of carbonyl (C=O) groups excluding carboxylic acids is 1. The number of allylic oxidation sites excluding steroid dienone is 1. The molecular weight excluding hydrogens is 158 g/mol. The monoisotopic (exact) mass is 171 g/mol. The Morgan fingerprint density at radius 1 is 1.33 bits per heavy atom. The van der Waals surface area contributed by atoms with E-state index in [1.165, 1.54) is 0 Å². The third-order valence-electron chi connectivity index (χ3n) is 1.36. The Morgan fingerprint density at radius 3 is 2.00 bits per heavy atom. The molecule has 3 N–H and O–H groups in total. The van der Waals surface area contributed by atoms with Gasteiger partial charge in [-0.2, -0.15) is 0 Å². The molecule has 0 atom stereocenters. The molecule has 0 unspecified atom stereocenters. The predicted molar refractivity (Wildman–Crippen MR) is 44.4 cm³/mol. The first-order valence-corrected chi connectivity index (χ1v) is 3.50. The van der Waals surface area contributed by atoms with Crippen molar-refractivity contribution in [1.82, 2.24) is 0 Å². The zero-order valence-corrected chi connectivity index (χ0v) is 7.42. The number of rotatable bonds is 2. The van der Waals surface area contributed by atoms with Crippen LogP contribution < -0.4 is 5.73 Å². The van der Waals surface area contributed by atoms with Gasteiger partial charge in [0.25, 0.3) is 5.78 Å². The minimum Gasteiger partial charge on any atom is -0.475 e. The van der Waals surface area contributed by atoms with Crippen molar-refractivity contribution in [3.05, 3.63) is 11.8 Å². The van der Waals surface area contributed by atoms with Gasteiger partial charge in [0.05, 0.1) is 0 Å². The summed E-state index contributed by atoms with van der Waals surface area (Å²) in [7, 11) is 0. The van der Waals surface area contributed by atoms with Crippen molar-refractivity contribution in [2.24, 2.45) is 11.1 Å². The lowest BCUT2D eigenvalue weighted by Gasteiger charge is -2.17. The third kappa shape index (κ3) is 3.18. The Kier molecular flexibility index (Phi) is 3.01. The number of nitrogens with two attached hydrogens (primary N) is 1. The zero-order chi connectivity index (χ0) is 9.94. The van der Waals surface area contributed by atoms with E-state index >= 15 is 0 Å². The molecule has 0 saturated carbocycles. The third-order valence-corrected chi connectivity index (χ3v) is 1.36. The van der Waals surface area contributed by atoms with Crippen molar-refractivity contribution in [2.45, 2.75) is 20.8 Å². The highest BCUT2D eigenvalue weighted by Gasteiger charge is 2.17. The van der Waals surface area contributed by atoms with Crippen LogP contribution in [-0.4, -0.2) is 16.9 Å². The van der Waals surface area contributed by atoms with Crippen LogP contribution in [0.25, 0.3) is 0 Å². The average Bonchev–Trinajstić information content (AvgIpc) is 1.85. The van der Waals surface area contributed by atoms with Crippen LogP contribution in [0.3, 0.4) is 0 Å². The molecule has 4 nitrogen and oxygen atoms in total. The SMILES string of the molecule is CC(C)(C)/C(N)=C/C(=O)C(=O)O. The lowest BCUT2D eigenvalue weighted by atomic mass is 9.92. The molecule has 12 heavy (non-hydrogen) atoms. The highest BCUT2D eigenvalue weighted by atomic mass is 16.4. The van der Waals surface area contributed by atoms with Gasteiger partial charge < -0.3 is 10.8 Å². The van der Waals surface area contributed by atoms with Gasteiger partial charge in [0.1, 0.15) is 0 Å². The minimum atomic E-state index is -1.48. The van der Waals surface area contributed by atoms with Crippen molar-refractivity contribution in [3.63, 3.8) is 0 Å². The summed E-state index contributed by atoms with van der Waals surface area (Å²) >= 11 is 0. The molecule has 0 aromatic rings. The molecular formula is C8H13NO3. The lowest BCUT2D eigenvalue weighted by molar-refractivity contribution is -0.146. The summed E-state index contributed by atoms with van der Waals surface area (Å²) in [5.41, 5.74) is 5.37. The molecule has 0 aromatic heterocycles. The highest BCUT2D eigenvalue weighted by molar-refractivity contribution is 6.37. The van der Waals surface area contributed by atoms with Gasteiger partial charge in [-0.25, -0.2) is 4.79 Å². The molecule has 0 fully saturated rings. The van der Waals surface area contributed by atoms with Crippen molar-refractivity contribution in [3.8, 4) is 0 Å². The van der Waals surface area contributed by atoms with E-state index in [1.54, 1.807) is 20.8 Å². The van der Waals surface area contributed by atoms with Gasteiger partial charge >= 0.3 is 5.97 Å². The van der Waals surface area contributed by atoms with E-state index in [4.69, 9.17) is 10.8 Å². The molecule has 0 saturated heterocycles. The summed E-state index contributed by atoms with van der Waals surface area (Å²) in [5.74, 6) is -2.47. The fourth-order valence-electron chi connectivity index (χ4n) is 0.419. The largest absolute Gasteiger partial charge is 0.475 e. The smallest absolute Gasteiger partial charge is 0.376 e. The van der Waals surface area contributed by atoms with Gasteiger partial charge in [-0.1, -0.05) is 20.8 Å². The summed E-state index contributed by atoms with van der Waals surface area (Å²) in [5, 5.41) is 8.25. The topological polar surface area (TPSA) is 80.4 Å². The molecule has 0 aliphatic carbocycles. The number of ketones is 1. The molecule has 0 aliphatic heterocycles. The maximum Gasteiger partial charge on any atom is 0.376 e. The second-order valence-corrected chi connectivity index (χ2v) is 3.52. The predicted octanol–water partition coefficient (Wildman–Crippen LogP) is 0.529. The summed E-state index contributed by atoms with van der Waals surface area (Å²) in [6.07, 6.45) is 0.947. The van der Waals surface area contributed by atoms with E-state index in [9.17, 15) is 9.59 Å². The van der Waals surface area contributed by atoms with Crippen LogP contribution in [0.4, 0.5) is 0 Å². The van der Waals surface area contributed by atoms with Crippen molar-refractivity contribution >= 4 is 11.8 Å². The second-order valence-electron chi connectivity index (χ2n) is 3.52. The van der Waals surface area contributed by atoms with E-state index in [0.29, 0.717) is 0 Å². The van der Waals surface area contributed by atoms with Crippen LogP contribution in [0, 0.1) is 5.41 Å². The quantitative estimate of drug-likeness (QED) is 0.469. The summed E-state index contributed by atoms with van der Waals surface area (Å²) in [6.45, 7) is 5.40. The second kappa shape index (κ2) is 3.38. The van der Waals surface area contributed by atoms with Crippen LogP contribution in [0.5, 0.6) is 0 Å². The average molecular weight is 171 g/mol. The molecule has 4 heteroatoms. The number of aliphatic carboxylic acids is 1. The van der Waals surface area contributed by atoms with Gasteiger partial charge in [-0.3, -0.25) is 4.79 Å². The zero-order valence-electron chi connectivity index (χ0n) is 7.42. The summed E-state index contributed by atoms with van der Waals surface area (Å²) < 4.78 is 0. The van der Waals surface area contributed by atoms with Gasteiger partial charge in [0, 0.05) is 17.2 Å². The van der Waals surface area contributed by atoms with Crippen LogP contribution in [-0.2, 0) is 9.59 Å². The number of carbonyl (C=O) groups is 2. The van der Waals surface area contributed by atoms with Crippen LogP contribution in [0.2, 0.25) is 0 Å². The molecule has 0 heterocycles. The molecule has 68 valence electrons. The van der Waals surface area contributed by atoms with E-state index in [-0.39, 0.29) is 11.1 Å². The first-order valence-electron chi connectivity index (χ1n) is 3.50. The van der Waals surface area contributed by atoms with Crippen LogP contribution in [0.1, 0.15) is 20.8 Å². The number of carboxylic acids is 1. The summed E-state index contributed by atoms with van der Waals surface area (Å²) in [4.78, 5) is 20.8. The van der Waals surface area contributed by atoms with Crippen molar-refractivity contribution in [1.29, 1.82) is 0 Å². The molecule has 0 spiro atoms. The van der Waals surface area contributed by atoms with E-state index in [1.807, 2.05) is 0 Å². The lowest BCUT2D eigenvalue weighted by Crippen LogP contribution is -2.20. The van der Waals surface area contributed by atoms with Gasteiger partial charge in [0.15, 0.2) is 0 Å². The summed E-state index contributed by atoms with van der Waals surface area (Å²) in [6, 6.07) is 0. The Labute approximate surface area is 71.1 Å². The molecule has 0 aromatic carbocycles. The normalized spacial score (nSPS) is 12.8. The maximum atomic E-state index is 10.6. The van der Waals surface area contributed by atoms with Crippen molar-refractivity contribution < 1.29 is 14.7 Å². The number of hydrogen-bond donors (Lipinski definition) is 2. The number of hydrogen-bond acceptors (Lipinski definition) is 3. The van der Waals surface area contributed by atoms with Crippen LogP contribution >= 0.6 is 0 Å². The Balaban J connectivity index is 4.59. The maximum absolute atomic E-state index is 10.6. The standard InChI is InChI=1S/C8H13NO3/c1-8(2,3)6(9)4-5(10)7(11)12/h4H,9H2,1-3H3,(H,11,12)/b6-4-. The van der Waals surface area contributed by atoms with Crippen molar-refractivity contribution in [2.75, 3.05) is 0 Å². The Bertz CT molecular complexity index is 235. The highest BCUT2D eigenvalue weighted by Crippen LogP contribution is 2.19. The number of carboxylic acid groups (broad SMARTS) is 1. The molecule has 0 amide bonds. The fourth-order valence-corrected chi connectivity index (χ4v) is 0.419. The Morgan fingerprint density at radius 2 is 1.75 bits per heavy atom. The fraction of sp³-hybridized carbons (Fsp3) is 0.500.